The molecule has 0 saturated carbocycles. The van der Waals surface area contributed by atoms with Gasteiger partial charge < -0.3 is 20.1 Å². The van der Waals surface area contributed by atoms with Crippen LogP contribution in [0.3, 0.4) is 0 Å². The van der Waals surface area contributed by atoms with Gasteiger partial charge in [-0.05, 0) is 32.0 Å². The lowest BCUT2D eigenvalue weighted by molar-refractivity contribution is -0.0296. The van der Waals surface area contributed by atoms with E-state index in [0.717, 1.165) is 0 Å². The summed E-state index contributed by atoms with van der Waals surface area (Å²) >= 11 is 5.80. The Morgan fingerprint density at radius 1 is 1.43 bits per heavy atom. The molecule has 0 radical (unpaired) electrons. The molecule has 114 valence electrons. The van der Waals surface area contributed by atoms with E-state index in [0.29, 0.717) is 18.8 Å². The van der Waals surface area contributed by atoms with Crippen molar-refractivity contribution in [3.63, 3.8) is 0 Å². The number of carboxylic acid groups (broad SMARTS) is 1. The molecule has 7 heteroatoms. The number of anilines is 1. The average molecular weight is 313 g/mol. The molecular formula is C14H17ClN2O4. The molecule has 0 aliphatic carbocycles. The minimum atomic E-state index is -1.13. The average Bonchev–Trinajstić information content (AvgIpc) is 2.43. The molecule has 1 aromatic carbocycles. The van der Waals surface area contributed by atoms with Crippen molar-refractivity contribution in [2.24, 2.45) is 0 Å². The largest absolute Gasteiger partial charge is 0.478 e. The predicted molar refractivity (Wildman–Crippen MR) is 79.0 cm³/mol. The van der Waals surface area contributed by atoms with Crippen molar-refractivity contribution in [3.8, 4) is 0 Å². The van der Waals surface area contributed by atoms with Gasteiger partial charge in [-0.1, -0.05) is 11.6 Å². The SMILES string of the molecule is CC1CN(C(=O)Nc2ccc(Cl)c(C(=O)O)c2)C(C)CO1. The number of benzene rings is 1. The van der Waals surface area contributed by atoms with Crippen LogP contribution >= 0.6 is 11.6 Å². The molecule has 2 rings (SSSR count). The summed E-state index contributed by atoms with van der Waals surface area (Å²) in [5.74, 6) is -1.13. The van der Waals surface area contributed by atoms with Gasteiger partial charge in [0.25, 0.3) is 0 Å². The Balaban J connectivity index is 2.12. The van der Waals surface area contributed by atoms with Crippen LogP contribution in [0.1, 0.15) is 24.2 Å². The van der Waals surface area contributed by atoms with Gasteiger partial charge in [-0.25, -0.2) is 9.59 Å². The van der Waals surface area contributed by atoms with E-state index in [1.54, 1.807) is 11.0 Å². The number of halogens is 1. The number of nitrogens with zero attached hydrogens (tertiary/aromatic N) is 1. The number of nitrogens with one attached hydrogen (secondary N) is 1. The molecule has 1 fully saturated rings. The summed E-state index contributed by atoms with van der Waals surface area (Å²) in [6.45, 7) is 4.77. The molecule has 21 heavy (non-hydrogen) atoms. The summed E-state index contributed by atoms with van der Waals surface area (Å²) in [6, 6.07) is 4.05. The first-order valence-corrected chi connectivity index (χ1v) is 6.98. The Bertz CT molecular complexity index is 564. The number of hydrogen-bond acceptors (Lipinski definition) is 3. The van der Waals surface area contributed by atoms with Crippen LogP contribution in [0, 0.1) is 0 Å². The third-order valence-electron chi connectivity index (χ3n) is 3.32. The second-order valence-electron chi connectivity index (χ2n) is 5.08. The second-order valence-corrected chi connectivity index (χ2v) is 5.48. The van der Waals surface area contributed by atoms with Crippen molar-refractivity contribution in [1.82, 2.24) is 4.90 Å². The Morgan fingerprint density at radius 2 is 2.14 bits per heavy atom. The first-order valence-electron chi connectivity index (χ1n) is 6.60. The molecule has 0 bridgehead atoms. The maximum atomic E-state index is 12.3. The summed E-state index contributed by atoms with van der Waals surface area (Å²) in [5, 5.41) is 11.9. The Kier molecular flexibility index (Phi) is 4.69. The third kappa shape index (κ3) is 3.65. The van der Waals surface area contributed by atoms with Crippen molar-refractivity contribution in [1.29, 1.82) is 0 Å². The number of amides is 2. The smallest absolute Gasteiger partial charge is 0.337 e. The highest BCUT2D eigenvalue weighted by atomic mass is 35.5. The van der Waals surface area contributed by atoms with Crippen LogP contribution < -0.4 is 5.32 Å². The first kappa shape index (κ1) is 15.6. The predicted octanol–water partition coefficient (Wildman–Crippen LogP) is 2.68. The molecule has 1 saturated heterocycles. The van der Waals surface area contributed by atoms with Crippen molar-refractivity contribution < 1.29 is 19.4 Å². The van der Waals surface area contributed by atoms with Gasteiger partial charge in [0.15, 0.2) is 0 Å². The van der Waals surface area contributed by atoms with Gasteiger partial charge in [0.2, 0.25) is 0 Å². The number of urea groups is 1. The maximum Gasteiger partial charge on any atom is 0.337 e. The molecular weight excluding hydrogens is 296 g/mol. The van der Waals surface area contributed by atoms with Gasteiger partial charge in [-0.2, -0.15) is 0 Å². The van der Waals surface area contributed by atoms with E-state index in [1.165, 1.54) is 12.1 Å². The maximum absolute atomic E-state index is 12.3. The van der Waals surface area contributed by atoms with E-state index in [2.05, 4.69) is 5.32 Å². The van der Waals surface area contributed by atoms with Gasteiger partial charge in [-0.3, -0.25) is 0 Å². The number of carboxylic acids is 1. The van der Waals surface area contributed by atoms with Gasteiger partial charge in [0.1, 0.15) is 0 Å². The normalized spacial score (nSPS) is 22.0. The molecule has 6 nitrogen and oxygen atoms in total. The summed E-state index contributed by atoms with van der Waals surface area (Å²) in [6.07, 6.45) is -0.0215. The fourth-order valence-electron chi connectivity index (χ4n) is 2.15. The fourth-order valence-corrected chi connectivity index (χ4v) is 2.35. The zero-order chi connectivity index (χ0) is 15.6. The molecule has 1 heterocycles. The standard InChI is InChI=1S/C14H17ClN2O4/c1-8-7-21-9(2)6-17(8)14(20)16-10-3-4-12(15)11(5-10)13(18)19/h3-5,8-9H,6-7H2,1-2H3,(H,16,20)(H,18,19). The van der Waals surface area contributed by atoms with Crippen LogP contribution in [0.4, 0.5) is 10.5 Å². The van der Waals surface area contributed by atoms with Gasteiger partial charge in [-0.15, -0.1) is 0 Å². The van der Waals surface area contributed by atoms with E-state index in [4.69, 9.17) is 21.4 Å². The van der Waals surface area contributed by atoms with Crippen LogP contribution in [-0.4, -0.2) is 47.3 Å². The van der Waals surface area contributed by atoms with Gasteiger partial charge >= 0.3 is 12.0 Å². The molecule has 1 aliphatic rings. The number of rotatable bonds is 2. The van der Waals surface area contributed by atoms with Gasteiger partial charge in [0, 0.05) is 12.2 Å². The third-order valence-corrected chi connectivity index (χ3v) is 3.65. The molecule has 1 aromatic rings. The van der Waals surface area contributed by atoms with Crippen LogP contribution in [-0.2, 0) is 4.74 Å². The zero-order valence-electron chi connectivity index (χ0n) is 11.8. The summed E-state index contributed by atoms with van der Waals surface area (Å²) in [4.78, 5) is 25.0. The van der Waals surface area contributed by atoms with E-state index in [9.17, 15) is 9.59 Å². The lowest BCUT2D eigenvalue weighted by atomic mass is 10.2. The van der Waals surface area contributed by atoms with Crippen LogP contribution in [0.25, 0.3) is 0 Å². The van der Waals surface area contributed by atoms with Crippen LogP contribution in [0.15, 0.2) is 18.2 Å². The Morgan fingerprint density at radius 3 is 2.81 bits per heavy atom. The van der Waals surface area contributed by atoms with E-state index >= 15 is 0 Å². The van der Waals surface area contributed by atoms with E-state index in [-0.39, 0.29) is 28.8 Å². The summed E-state index contributed by atoms with van der Waals surface area (Å²) in [7, 11) is 0. The first-order chi connectivity index (χ1) is 9.88. The number of carbonyl (C=O) groups is 2. The topological polar surface area (TPSA) is 78.9 Å². The number of morpholine rings is 1. The highest BCUT2D eigenvalue weighted by Gasteiger charge is 2.27. The number of hydrogen-bond donors (Lipinski definition) is 2. The highest BCUT2D eigenvalue weighted by molar-refractivity contribution is 6.33. The molecule has 2 N–H and O–H groups in total. The van der Waals surface area contributed by atoms with E-state index in [1.807, 2.05) is 13.8 Å². The molecule has 2 atom stereocenters. The minimum absolute atomic E-state index is 0.0215. The van der Waals surface area contributed by atoms with Crippen LogP contribution in [0.5, 0.6) is 0 Å². The Labute approximate surface area is 127 Å². The summed E-state index contributed by atoms with van der Waals surface area (Å²) < 4.78 is 5.47. The highest BCUT2D eigenvalue weighted by Crippen LogP contribution is 2.21. The monoisotopic (exact) mass is 312 g/mol. The van der Waals surface area contributed by atoms with Crippen LogP contribution in [0.2, 0.25) is 5.02 Å². The molecule has 1 aliphatic heterocycles. The number of aromatic carboxylic acids is 1. The number of carbonyl (C=O) groups excluding carboxylic acids is 1. The van der Waals surface area contributed by atoms with Gasteiger partial charge in [0.05, 0.1) is 29.3 Å². The van der Waals surface area contributed by atoms with Crippen molar-refractivity contribution >= 4 is 29.3 Å². The second kappa shape index (κ2) is 6.32. The zero-order valence-corrected chi connectivity index (χ0v) is 12.6. The summed E-state index contributed by atoms with van der Waals surface area (Å²) in [5.41, 5.74) is 0.353. The lowest BCUT2D eigenvalue weighted by Gasteiger charge is -2.36. The molecule has 2 amide bonds. The number of ether oxygens (including phenoxy) is 1. The minimum Gasteiger partial charge on any atom is -0.478 e. The molecule has 0 spiro atoms. The molecule has 0 aromatic heterocycles. The quantitative estimate of drug-likeness (QED) is 0.880. The van der Waals surface area contributed by atoms with Crippen molar-refractivity contribution in [3.05, 3.63) is 28.8 Å². The van der Waals surface area contributed by atoms with Crippen molar-refractivity contribution in [2.45, 2.75) is 26.0 Å². The van der Waals surface area contributed by atoms with E-state index < -0.39 is 5.97 Å². The lowest BCUT2D eigenvalue weighted by Crippen LogP contribution is -2.51. The fraction of sp³-hybridized carbons (Fsp3) is 0.429. The Hall–Kier alpha value is -1.79. The molecule has 2 unspecified atom stereocenters. The van der Waals surface area contributed by atoms with Crippen molar-refractivity contribution in [2.75, 3.05) is 18.5 Å².